The monoisotopic (exact) mass is 298 g/mol. The number of nitrogens with zero attached hydrogens (tertiary/aromatic N) is 3. The zero-order valence-electron chi connectivity index (χ0n) is 13.1. The van der Waals surface area contributed by atoms with Gasteiger partial charge in [-0.1, -0.05) is 31.5 Å². The lowest BCUT2D eigenvalue weighted by Crippen LogP contribution is -2.18. The first-order valence-electron chi connectivity index (χ1n) is 7.70. The van der Waals surface area contributed by atoms with Crippen molar-refractivity contribution in [1.82, 2.24) is 10.2 Å². The molecule has 116 valence electrons. The van der Waals surface area contributed by atoms with Crippen molar-refractivity contribution in [1.29, 1.82) is 0 Å². The normalized spacial score (nSPS) is 10.3. The van der Waals surface area contributed by atoms with Gasteiger partial charge in [-0.25, -0.2) is 0 Å². The maximum absolute atomic E-state index is 11.7. The second-order valence-electron chi connectivity index (χ2n) is 5.01. The highest BCUT2D eigenvalue weighted by molar-refractivity contribution is 5.89. The lowest BCUT2D eigenvalue weighted by atomic mass is 10.2. The van der Waals surface area contributed by atoms with Crippen LogP contribution in [-0.4, -0.2) is 22.6 Å². The fourth-order valence-corrected chi connectivity index (χ4v) is 2.16. The largest absolute Gasteiger partial charge is 0.325 e. The molecule has 0 spiro atoms. The molecular weight excluding hydrogens is 276 g/mol. The Morgan fingerprint density at radius 3 is 2.45 bits per heavy atom. The van der Waals surface area contributed by atoms with Crippen LogP contribution in [0.4, 0.5) is 17.3 Å². The van der Waals surface area contributed by atoms with Crippen LogP contribution < -0.4 is 10.2 Å². The standard InChI is InChI=1S/C17H22N4O/c1-3-5-11-17(22)18-15-12-13-16(20-19-15)21(4-2)14-9-7-6-8-10-14/h6-10,12-13H,3-5,11H2,1-2H3,(H,18,19,22). The highest BCUT2D eigenvalue weighted by atomic mass is 16.1. The number of carbonyl (C=O) groups excluding carboxylic acids is 1. The summed E-state index contributed by atoms with van der Waals surface area (Å²) in [6.45, 7) is 4.92. The van der Waals surface area contributed by atoms with Gasteiger partial charge in [0, 0.05) is 18.7 Å². The van der Waals surface area contributed by atoms with Crippen molar-refractivity contribution < 1.29 is 4.79 Å². The number of hydrogen-bond acceptors (Lipinski definition) is 4. The number of aromatic nitrogens is 2. The molecule has 0 radical (unpaired) electrons. The molecule has 0 aliphatic heterocycles. The van der Waals surface area contributed by atoms with Crippen molar-refractivity contribution in [2.24, 2.45) is 0 Å². The summed E-state index contributed by atoms with van der Waals surface area (Å²) in [6.07, 6.45) is 2.40. The van der Waals surface area contributed by atoms with Crippen LogP contribution in [0.5, 0.6) is 0 Å². The number of rotatable bonds is 7. The predicted octanol–water partition coefficient (Wildman–Crippen LogP) is 3.76. The summed E-state index contributed by atoms with van der Waals surface area (Å²) < 4.78 is 0. The van der Waals surface area contributed by atoms with Gasteiger partial charge in [-0.2, -0.15) is 0 Å². The molecule has 0 unspecified atom stereocenters. The topological polar surface area (TPSA) is 58.1 Å². The Morgan fingerprint density at radius 1 is 1.09 bits per heavy atom. The van der Waals surface area contributed by atoms with Gasteiger partial charge in [0.15, 0.2) is 11.6 Å². The van der Waals surface area contributed by atoms with Crippen LogP contribution >= 0.6 is 0 Å². The number of para-hydroxylation sites is 1. The van der Waals surface area contributed by atoms with E-state index in [0.29, 0.717) is 12.2 Å². The van der Waals surface area contributed by atoms with Crippen LogP contribution in [0.25, 0.3) is 0 Å². The van der Waals surface area contributed by atoms with E-state index in [0.717, 1.165) is 30.9 Å². The molecule has 0 fully saturated rings. The predicted molar refractivity (Wildman–Crippen MR) is 89.3 cm³/mol. The molecule has 0 atom stereocenters. The summed E-state index contributed by atoms with van der Waals surface area (Å²) in [7, 11) is 0. The van der Waals surface area contributed by atoms with Gasteiger partial charge in [0.25, 0.3) is 0 Å². The van der Waals surface area contributed by atoms with Crippen molar-refractivity contribution in [2.45, 2.75) is 33.1 Å². The van der Waals surface area contributed by atoms with Crippen molar-refractivity contribution in [3.63, 3.8) is 0 Å². The van der Waals surface area contributed by atoms with E-state index in [1.807, 2.05) is 36.4 Å². The van der Waals surface area contributed by atoms with Crippen LogP contribution in [0.1, 0.15) is 33.1 Å². The van der Waals surface area contributed by atoms with Crippen molar-refractivity contribution in [3.05, 3.63) is 42.5 Å². The number of benzene rings is 1. The van der Waals surface area contributed by atoms with Gasteiger partial charge in [-0.3, -0.25) is 4.79 Å². The first-order chi connectivity index (χ1) is 10.7. The molecule has 1 aromatic carbocycles. The quantitative estimate of drug-likeness (QED) is 0.845. The second kappa shape index (κ2) is 8.12. The highest BCUT2D eigenvalue weighted by Crippen LogP contribution is 2.22. The van der Waals surface area contributed by atoms with E-state index in [2.05, 4.69) is 34.3 Å². The van der Waals surface area contributed by atoms with Crippen LogP contribution in [0.2, 0.25) is 0 Å². The summed E-state index contributed by atoms with van der Waals surface area (Å²) in [6, 6.07) is 13.7. The minimum Gasteiger partial charge on any atom is -0.325 e. The van der Waals surface area contributed by atoms with Gasteiger partial charge < -0.3 is 10.2 Å². The average Bonchev–Trinajstić information content (AvgIpc) is 2.56. The lowest BCUT2D eigenvalue weighted by molar-refractivity contribution is -0.116. The maximum atomic E-state index is 11.7. The number of carbonyl (C=O) groups is 1. The molecule has 5 nitrogen and oxygen atoms in total. The minimum atomic E-state index is -0.0145. The third-order valence-corrected chi connectivity index (χ3v) is 3.34. The van der Waals surface area contributed by atoms with E-state index in [4.69, 9.17) is 0 Å². The Labute approximate surface area is 131 Å². The summed E-state index contributed by atoms with van der Waals surface area (Å²) in [5.74, 6) is 1.24. The molecule has 2 aromatic rings. The SMILES string of the molecule is CCCCC(=O)Nc1ccc(N(CC)c2ccccc2)nn1. The maximum Gasteiger partial charge on any atom is 0.225 e. The molecule has 1 amide bonds. The van der Waals surface area contributed by atoms with Crippen molar-refractivity contribution in [2.75, 3.05) is 16.8 Å². The average molecular weight is 298 g/mol. The van der Waals surface area contributed by atoms with E-state index >= 15 is 0 Å². The fraction of sp³-hybridized carbons (Fsp3) is 0.353. The van der Waals surface area contributed by atoms with Gasteiger partial charge in [-0.15, -0.1) is 10.2 Å². The Bertz CT molecular complexity index is 583. The second-order valence-corrected chi connectivity index (χ2v) is 5.01. The molecule has 2 rings (SSSR count). The van der Waals surface area contributed by atoms with E-state index < -0.39 is 0 Å². The summed E-state index contributed by atoms with van der Waals surface area (Å²) >= 11 is 0. The van der Waals surface area contributed by atoms with Gasteiger partial charge in [0.1, 0.15) is 0 Å². The molecule has 0 saturated heterocycles. The zero-order chi connectivity index (χ0) is 15.8. The molecule has 0 aliphatic rings. The summed E-state index contributed by atoms with van der Waals surface area (Å²) in [4.78, 5) is 13.7. The molecular formula is C17H22N4O. The Kier molecular flexibility index (Phi) is 5.89. The molecule has 1 heterocycles. The van der Waals surface area contributed by atoms with Crippen LogP contribution in [0.15, 0.2) is 42.5 Å². The Balaban J connectivity index is 2.06. The van der Waals surface area contributed by atoms with Crippen molar-refractivity contribution in [3.8, 4) is 0 Å². The molecule has 0 bridgehead atoms. The lowest BCUT2D eigenvalue weighted by Gasteiger charge is -2.21. The summed E-state index contributed by atoms with van der Waals surface area (Å²) in [5.41, 5.74) is 1.07. The minimum absolute atomic E-state index is 0.0145. The molecule has 0 aliphatic carbocycles. The van der Waals surface area contributed by atoms with E-state index in [1.54, 1.807) is 6.07 Å². The van der Waals surface area contributed by atoms with E-state index in [-0.39, 0.29) is 5.91 Å². The molecule has 0 saturated carbocycles. The first kappa shape index (κ1) is 15.9. The molecule has 1 aromatic heterocycles. The first-order valence-corrected chi connectivity index (χ1v) is 7.70. The Hall–Kier alpha value is -2.43. The molecule has 22 heavy (non-hydrogen) atoms. The zero-order valence-corrected chi connectivity index (χ0v) is 13.1. The van der Waals surface area contributed by atoms with E-state index in [1.165, 1.54) is 0 Å². The van der Waals surface area contributed by atoms with Gasteiger partial charge in [-0.05, 0) is 37.6 Å². The third kappa shape index (κ3) is 4.28. The van der Waals surface area contributed by atoms with Gasteiger partial charge >= 0.3 is 0 Å². The number of anilines is 3. The van der Waals surface area contributed by atoms with Crippen LogP contribution in [-0.2, 0) is 4.79 Å². The summed E-state index contributed by atoms with van der Waals surface area (Å²) in [5, 5.41) is 11.1. The van der Waals surface area contributed by atoms with Gasteiger partial charge in [0.2, 0.25) is 5.91 Å². The number of amides is 1. The van der Waals surface area contributed by atoms with Crippen LogP contribution in [0.3, 0.4) is 0 Å². The van der Waals surface area contributed by atoms with Crippen LogP contribution in [0, 0.1) is 0 Å². The number of unbranched alkanes of at least 4 members (excludes halogenated alkanes) is 1. The Morgan fingerprint density at radius 2 is 1.86 bits per heavy atom. The number of hydrogen-bond donors (Lipinski definition) is 1. The third-order valence-electron chi connectivity index (χ3n) is 3.34. The smallest absolute Gasteiger partial charge is 0.225 e. The van der Waals surface area contributed by atoms with E-state index in [9.17, 15) is 4.79 Å². The fourth-order valence-electron chi connectivity index (χ4n) is 2.16. The number of nitrogens with one attached hydrogen (secondary N) is 1. The van der Waals surface area contributed by atoms with Gasteiger partial charge in [0.05, 0.1) is 0 Å². The highest BCUT2D eigenvalue weighted by Gasteiger charge is 2.09. The molecule has 5 heteroatoms. The van der Waals surface area contributed by atoms with Crippen molar-refractivity contribution >= 4 is 23.2 Å². The molecule has 1 N–H and O–H groups in total.